The number of hydrogen-bond donors (Lipinski definition) is 7. The van der Waals surface area contributed by atoms with Gasteiger partial charge in [-0.1, -0.05) is 12.1 Å². The van der Waals surface area contributed by atoms with E-state index in [-0.39, 0.29) is 24.2 Å². The van der Waals surface area contributed by atoms with Crippen molar-refractivity contribution in [1.82, 2.24) is 20.8 Å². The summed E-state index contributed by atoms with van der Waals surface area (Å²) in [6, 6.07) is -3.05. The van der Waals surface area contributed by atoms with Crippen LogP contribution in [0.3, 0.4) is 0 Å². The van der Waals surface area contributed by atoms with Crippen molar-refractivity contribution in [2.45, 2.75) is 45.0 Å². The Morgan fingerprint density at radius 1 is 1.35 bits per heavy atom. The normalized spacial score (nSPS) is 13.6. The largest absolute Gasteiger partial charge is 0.480 e. The summed E-state index contributed by atoms with van der Waals surface area (Å²) in [7, 11) is 0. The maximum absolute atomic E-state index is 11.4. The molecule has 0 saturated carbocycles. The lowest BCUT2D eigenvalue weighted by Crippen LogP contribution is -2.47. The number of amides is 3. The molecule has 3 unspecified atom stereocenters. The van der Waals surface area contributed by atoms with Gasteiger partial charge >= 0.3 is 12.0 Å². The number of nitrogens with two attached hydrogens (primary N) is 2. The Labute approximate surface area is 148 Å². The van der Waals surface area contributed by atoms with Crippen LogP contribution >= 0.6 is 0 Å². The van der Waals surface area contributed by atoms with Gasteiger partial charge in [-0.2, -0.15) is 4.98 Å². The van der Waals surface area contributed by atoms with Gasteiger partial charge in [-0.25, -0.2) is 9.59 Å². The Kier molecular flexibility index (Phi) is 10.5. The summed E-state index contributed by atoms with van der Waals surface area (Å²) in [6.45, 7) is 2.29. The summed E-state index contributed by atoms with van der Waals surface area (Å²) in [5.41, 5.74) is 10.2. The van der Waals surface area contributed by atoms with Crippen molar-refractivity contribution >= 4 is 17.9 Å². The lowest BCUT2D eigenvalue weighted by atomic mass is 10.2. The first kappa shape index (κ1) is 23.2. The Hall–Kier alpha value is -2.77. The number of nitrogens with zero attached hydrogens (tertiary/aromatic N) is 2. The molecule has 0 aromatic carbocycles. The van der Waals surface area contributed by atoms with Gasteiger partial charge in [0.25, 0.3) is 0 Å². The quantitative estimate of drug-likeness (QED) is 0.254. The molecule has 13 nitrogen and oxygen atoms in total. The van der Waals surface area contributed by atoms with Crippen molar-refractivity contribution in [3.05, 3.63) is 11.7 Å². The third-order valence-corrected chi connectivity index (χ3v) is 2.84. The molecule has 9 N–H and O–H groups in total. The number of rotatable bonds is 8. The maximum Gasteiger partial charge on any atom is 0.328 e. The number of primary amides is 1. The number of aliphatic hydroxyl groups excluding tert-OH is 2. The van der Waals surface area contributed by atoms with Crippen LogP contribution in [0, 0.1) is 0 Å². The fourth-order valence-electron chi connectivity index (χ4n) is 1.24. The third kappa shape index (κ3) is 8.91. The fourth-order valence-corrected chi connectivity index (χ4v) is 1.24. The molecule has 0 saturated heterocycles. The third-order valence-electron chi connectivity index (χ3n) is 2.84. The van der Waals surface area contributed by atoms with Gasteiger partial charge in [-0.05, 0) is 6.92 Å². The minimum atomic E-state index is -1.41. The number of nitrogens with one attached hydrogen (secondary N) is 2. The molecule has 0 bridgehead atoms. The summed E-state index contributed by atoms with van der Waals surface area (Å²) in [6.07, 6.45) is -0.424. The van der Waals surface area contributed by atoms with Crippen LogP contribution in [0.2, 0.25) is 0 Å². The first-order valence-corrected chi connectivity index (χ1v) is 7.54. The summed E-state index contributed by atoms with van der Waals surface area (Å²) in [4.78, 5) is 35.4. The average molecular weight is 376 g/mol. The molecule has 0 fully saturated rings. The number of urea groups is 1. The molecule has 0 radical (unpaired) electrons. The molecule has 1 rings (SSSR count). The van der Waals surface area contributed by atoms with Crippen molar-refractivity contribution in [2.24, 2.45) is 11.5 Å². The number of aliphatic carboxylic acids is 1. The fraction of sp³-hybridized carbons (Fsp3) is 0.615. The molecular weight excluding hydrogens is 352 g/mol. The second-order valence-corrected chi connectivity index (χ2v) is 5.03. The summed E-state index contributed by atoms with van der Waals surface area (Å²) in [5.74, 6) is -1.49. The van der Waals surface area contributed by atoms with Crippen LogP contribution in [0.25, 0.3) is 0 Å². The molecule has 1 aromatic heterocycles. The van der Waals surface area contributed by atoms with Crippen LogP contribution in [-0.2, 0) is 16.1 Å². The Morgan fingerprint density at radius 2 is 1.92 bits per heavy atom. The second kappa shape index (κ2) is 11.7. The molecule has 0 aliphatic heterocycles. The number of hydrogen-bond acceptors (Lipinski definition) is 9. The SMILES string of the molecule is CC(O)C(N)c1noc(CNC(=O)NC(CO)C(=O)O)n1.CCC(N)=O. The van der Waals surface area contributed by atoms with Crippen molar-refractivity contribution in [3.8, 4) is 0 Å². The second-order valence-electron chi connectivity index (χ2n) is 5.03. The van der Waals surface area contributed by atoms with E-state index in [1.54, 1.807) is 6.92 Å². The molecule has 1 heterocycles. The molecule has 26 heavy (non-hydrogen) atoms. The number of carbonyl (C=O) groups excluding carboxylic acids is 2. The minimum absolute atomic E-state index is 0.0344. The van der Waals surface area contributed by atoms with Gasteiger partial charge in [0.15, 0.2) is 11.9 Å². The lowest BCUT2D eigenvalue weighted by Gasteiger charge is -2.11. The smallest absolute Gasteiger partial charge is 0.328 e. The average Bonchev–Trinajstić information content (AvgIpc) is 3.06. The highest BCUT2D eigenvalue weighted by molar-refractivity contribution is 5.82. The summed E-state index contributed by atoms with van der Waals surface area (Å²) in [5, 5.41) is 34.5. The van der Waals surface area contributed by atoms with Crippen molar-refractivity contribution in [1.29, 1.82) is 0 Å². The highest BCUT2D eigenvalue weighted by Gasteiger charge is 2.20. The van der Waals surface area contributed by atoms with Crippen molar-refractivity contribution in [2.75, 3.05) is 6.61 Å². The van der Waals surface area contributed by atoms with E-state index in [2.05, 4.69) is 21.2 Å². The Balaban J connectivity index is 0.00000110. The van der Waals surface area contributed by atoms with Gasteiger partial charge in [-0.3, -0.25) is 4.79 Å². The molecular formula is C13H24N6O7. The zero-order valence-electron chi connectivity index (χ0n) is 14.4. The van der Waals surface area contributed by atoms with E-state index in [0.717, 1.165) is 0 Å². The molecule has 3 amide bonds. The lowest BCUT2D eigenvalue weighted by molar-refractivity contribution is -0.140. The first-order chi connectivity index (χ1) is 12.1. The number of aromatic nitrogens is 2. The molecule has 13 heteroatoms. The molecule has 3 atom stereocenters. The van der Waals surface area contributed by atoms with Crippen LogP contribution in [0.4, 0.5) is 4.79 Å². The van der Waals surface area contributed by atoms with Gasteiger partial charge in [0.1, 0.15) is 0 Å². The molecule has 1 aromatic rings. The monoisotopic (exact) mass is 376 g/mol. The zero-order valence-corrected chi connectivity index (χ0v) is 14.4. The van der Waals surface area contributed by atoms with Gasteiger partial charge in [0.2, 0.25) is 11.8 Å². The first-order valence-electron chi connectivity index (χ1n) is 7.54. The van der Waals surface area contributed by atoms with Gasteiger partial charge in [0, 0.05) is 6.42 Å². The van der Waals surface area contributed by atoms with Gasteiger partial charge in [0.05, 0.1) is 25.3 Å². The highest BCUT2D eigenvalue weighted by atomic mass is 16.5. The Bertz CT molecular complexity index is 591. The number of aliphatic hydroxyl groups is 2. The van der Waals surface area contributed by atoms with Gasteiger partial charge < -0.3 is 41.9 Å². The molecule has 148 valence electrons. The predicted octanol–water partition coefficient (Wildman–Crippen LogP) is -2.42. The van der Waals surface area contributed by atoms with E-state index in [1.807, 2.05) is 5.32 Å². The predicted molar refractivity (Wildman–Crippen MR) is 86.3 cm³/mol. The van der Waals surface area contributed by atoms with E-state index in [1.165, 1.54) is 6.92 Å². The standard InChI is InChI=1S/C10H17N5O6.C3H7NO/c1-4(17)7(11)8-14-6(21-15-8)2-12-10(20)13-5(3-16)9(18)19;1-2-3(4)5/h4-5,7,16-17H,2-3,11H2,1H3,(H,18,19)(H2,12,13,20);2H2,1H3,(H2,4,5). The van der Waals surface area contributed by atoms with Crippen molar-refractivity contribution < 1.29 is 34.2 Å². The van der Waals surface area contributed by atoms with Crippen molar-refractivity contribution in [3.63, 3.8) is 0 Å². The Morgan fingerprint density at radius 3 is 2.35 bits per heavy atom. The van der Waals surface area contributed by atoms with E-state index in [9.17, 15) is 19.5 Å². The number of carboxylic acid groups (broad SMARTS) is 1. The molecule has 0 spiro atoms. The van der Waals surface area contributed by atoms with Gasteiger partial charge in [-0.15, -0.1) is 0 Å². The van der Waals surface area contributed by atoms with E-state index < -0.39 is 36.8 Å². The summed E-state index contributed by atoms with van der Waals surface area (Å²) >= 11 is 0. The molecule has 0 aliphatic carbocycles. The number of carboxylic acids is 1. The zero-order chi connectivity index (χ0) is 20.3. The summed E-state index contributed by atoms with van der Waals surface area (Å²) < 4.78 is 4.80. The van der Waals surface area contributed by atoms with E-state index >= 15 is 0 Å². The van der Waals surface area contributed by atoms with E-state index in [0.29, 0.717) is 6.42 Å². The van der Waals surface area contributed by atoms with Crippen LogP contribution in [0.1, 0.15) is 38.0 Å². The van der Waals surface area contributed by atoms with Crippen LogP contribution in [0.5, 0.6) is 0 Å². The maximum atomic E-state index is 11.4. The van der Waals surface area contributed by atoms with Crippen LogP contribution in [-0.4, -0.2) is 62.1 Å². The van der Waals surface area contributed by atoms with Crippen LogP contribution in [0.15, 0.2) is 4.52 Å². The van der Waals surface area contributed by atoms with E-state index in [4.69, 9.17) is 20.5 Å². The number of carbonyl (C=O) groups is 3. The highest BCUT2D eigenvalue weighted by Crippen LogP contribution is 2.10. The minimum Gasteiger partial charge on any atom is -0.480 e. The topological polar surface area (TPSA) is 227 Å². The van der Waals surface area contributed by atoms with Crippen LogP contribution < -0.4 is 22.1 Å². The molecule has 0 aliphatic rings.